The number of aromatic carboxylic acids is 1. The molecule has 0 fully saturated rings. The minimum absolute atomic E-state index is 0.266. The SMILES string of the molecule is Cc1ccn(Cc2ccccc2C#N)c1C(=O)O. The molecule has 90 valence electrons. The summed E-state index contributed by atoms with van der Waals surface area (Å²) in [6.45, 7) is 2.15. The number of hydrogen-bond acceptors (Lipinski definition) is 2. The molecule has 0 unspecified atom stereocenters. The lowest BCUT2D eigenvalue weighted by molar-refractivity contribution is 0.0685. The Kier molecular flexibility index (Phi) is 3.16. The minimum atomic E-state index is -0.952. The molecule has 0 radical (unpaired) electrons. The molecule has 1 aromatic heterocycles. The molecule has 18 heavy (non-hydrogen) atoms. The molecule has 4 heteroatoms. The maximum absolute atomic E-state index is 11.2. The summed E-state index contributed by atoms with van der Waals surface area (Å²) in [5.41, 5.74) is 2.37. The smallest absolute Gasteiger partial charge is 0.352 e. The van der Waals surface area contributed by atoms with Crippen LogP contribution >= 0.6 is 0 Å². The standard InChI is InChI=1S/C14H12N2O2/c1-10-6-7-16(13(10)14(17)18)9-12-5-3-2-4-11(12)8-15/h2-7H,9H2,1H3,(H,17,18). The molecule has 1 aromatic carbocycles. The van der Waals surface area contributed by atoms with E-state index in [4.69, 9.17) is 10.4 Å². The number of rotatable bonds is 3. The molecule has 0 spiro atoms. The molecule has 0 amide bonds. The van der Waals surface area contributed by atoms with Crippen LogP contribution in [0.3, 0.4) is 0 Å². The molecule has 0 aliphatic heterocycles. The number of carboxylic acids is 1. The summed E-state index contributed by atoms with van der Waals surface area (Å²) < 4.78 is 1.65. The highest BCUT2D eigenvalue weighted by Crippen LogP contribution is 2.15. The van der Waals surface area contributed by atoms with Crippen molar-refractivity contribution in [1.82, 2.24) is 4.57 Å². The van der Waals surface area contributed by atoms with Crippen LogP contribution in [0.1, 0.15) is 27.2 Å². The van der Waals surface area contributed by atoms with Crippen LogP contribution in [0.15, 0.2) is 36.5 Å². The molecule has 0 atom stereocenters. The number of carboxylic acid groups (broad SMARTS) is 1. The lowest BCUT2D eigenvalue weighted by Gasteiger charge is -2.08. The molecule has 1 heterocycles. The number of aromatic nitrogens is 1. The fourth-order valence-electron chi connectivity index (χ4n) is 1.96. The van der Waals surface area contributed by atoms with Crippen molar-refractivity contribution in [2.24, 2.45) is 0 Å². The normalized spacial score (nSPS) is 10.0. The Bertz CT molecular complexity index is 635. The zero-order valence-electron chi connectivity index (χ0n) is 9.92. The molecule has 0 saturated heterocycles. The van der Waals surface area contributed by atoms with Gasteiger partial charge in [0.2, 0.25) is 0 Å². The summed E-state index contributed by atoms with van der Waals surface area (Å²) in [5.74, 6) is -0.952. The summed E-state index contributed by atoms with van der Waals surface area (Å²) in [7, 11) is 0. The largest absolute Gasteiger partial charge is 0.477 e. The van der Waals surface area contributed by atoms with Gasteiger partial charge >= 0.3 is 5.97 Å². The van der Waals surface area contributed by atoms with Gasteiger partial charge in [-0.15, -0.1) is 0 Å². The average molecular weight is 240 g/mol. The molecular formula is C14H12N2O2. The monoisotopic (exact) mass is 240 g/mol. The van der Waals surface area contributed by atoms with Crippen molar-refractivity contribution in [2.75, 3.05) is 0 Å². The van der Waals surface area contributed by atoms with Gasteiger partial charge in [-0.2, -0.15) is 5.26 Å². The molecular weight excluding hydrogens is 228 g/mol. The highest BCUT2D eigenvalue weighted by atomic mass is 16.4. The van der Waals surface area contributed by atoms with E-state index in [9.17, 15) is 4.79 Å². The number of nitriles is 1. The maximum atomic E-state index is 11.2. The van der Waals surface area contributed by atoms with E-state index < -0.39 is 5.97 Å². The number of benzene rings is 1. The first-order chi connectivity index (χ1) is 8.63. The highest BCUT2D eigenvalue weighted by molar-refractivity contribution is 5.87. The van der Waals surface area contributed by atoms with E-state index in [1.165, 1.54) is 0 Å². The van der Waals surface area contributed by atoms with E-state index in [-0.39, 0.29) is 5.69 Å². The van der Waals surface area contributed by atoms with Crippen LogP contribution in [0.5, 0.6) is 0 Å². The fraction of sp³-hybridized carbons (Fsp3) is 0.143. The first kappa shape index (κ1) is 11.9. The van der Waals surface area contributed by atoms with Gasteiger partial charge in [-0.05, 0) is 30.2 Å². The van der Waals surface area contributed by atoms with Crippen molar-refractivity contribution in [1.29, 1.82) is 5.26 Å². The fourth-order valence-corrected chi connectivity index (χ4v) is 1.96. The topological polar surface area (TPSA) is 66.0 Å². The zero-order valence-corrected chi connectivity index (χ0v) is 9.92. The first-order valence-corrected chi connectivity index (χ1v) is 5.50. The number of aryl methyl sites for hydroxylation is 1. The van der Waals surface area contributed by atoms with Crippen molar-refractivity contribution >= 4 is 5.97 Å². The molecule has 0 aliphatic carbocycles. The molecule has 0 saturated carbocycles. The van der Waals surface area contributed by atoms with Gasteiger partial charge in [0.05, 0.1) is 11.6 Å². The van der Waals surface area contributed by atoms with Crippen LogP contribution in [0.25, 0.3) is 0 Å². The van der Waals surface area contributed by atoms with Crippen LogP contribution in [-0.2, 0) is 6.54 Å². The molecule has 4 nitrogen and oxygen atoms in total. The number of carbonyl (C=O) groups is 1. The van der Waals surface area contributed by atoms with Crippen molar-refractivity contribution in [3.63, 3.8) is 0 Å². The predicted octanol–water partition coefficient (Wildman–Crippen LogP) is 2.41. The van der Waals surface area contributed by atoms with Crippen molar-refractivity contribution in [3.8, 4) is 6.07 Å². The first-order valence-electron chi connectivity index (χ1n) is 5.50. The van der Waals surface area contributed by atoms with Crippen LogP contribution < -0.4 is 0 Å². The Morgan fingerprint density at radius 2 is 2.11 bits per heavy atom. The summed E-state index contributed by atoms with van der Waals surface area (Å²) in [4.78, 5) is 11.2. The molecule has 0 aliphatic rings. The van der Waals surface area contributed by atoms with Gasteiger partial charge in [-0.1, -0.05) is 18.2 Å². The van der Waals surface area contributed by atoms with Crippen LogP contribution in [0, 0.1) is 18.3 Å². The number of nitrogens with zero attached hydrogens (tertiary/aromatic N) is 2. The Labute approximate surface area is 105 Å². The second-order valence-corrected chi connectivity index (χ2v) is 4.05. The highest BCUT2D eigenvalue weighted by Gasteiger charge is 2.14. The molecule has 2 rings (SSSR count). The lowest BCUT2D eigenvalue weighted by Crippen LogP contribution is -2.10. The van der Waals surface area contributed by atoms with Gasteiger partial charge in [0.15, 0.2) is 0 Å². The third kappa shape index (κ3) is 2.11. The van der Waals surface area contributed by atoms with E-state index in [1.54, 1.807) is 35.9 Å². The van der Waals surface area contributed by atoms with E-state index in [0.717, 1.165) is 11.1 Å². The average Bonchev–Trinajstić information content (AvgIpc) is 2.71. The Balaban J connectivity index is 2.41. The summed E-state index contributed by atoms with van der Waals surface area (Å²) in [6, 6.07) is 11.1. The van der Waals surface area contributed by atoms with Gasteiger partial charge in [0.1, 0.15) is 5.69 Å². The Hall–Kier alpha value is -2.54. The van der Waals surface area contributed by atoms with E-state index in [1.807, 2.05) is 12.1 Å². The summed E-state index contributed by atoms with van der Waals surface area (Å²) >= 11 is 0. The van der Waals surface area contributed by atoms with Crippen LogP contribution in [0.2, 0.25) is 0 Å². The van der Waals surface area contributed by atoms with Gasteiger partial charge in [0, 0.05) is 12.7 Å². The van der Waals surface area contributed by atoms with Gasteiger partial charge in [0.25, 0.3) is 0 Å². The third-order valence-electron chi connectivity index (χ3n) is 2.85. The zero-order chi connectivity index (χ0) is 13.1. The van der Waals surface area contributed by atoms with Gasteiger partial charge in [-0.25, -0.2) is 4.79 Å². The van der Waals surface area contributed by atoms with Gasteiger partial charge < -0.3 is 9.67 Å². The van der Waals surface area contributed by atoms with Crippen LogP contribution in [-0.4, -0.2) is 15.6 Å². The van der Waals surface area contributed by atoms with Crippen molar-refractivity contribution < 1.29 is 9.90 Å². The predicted molar refractivity (Wildman–Crippen MR) is 66.4 cm³/mol. The second-order valence-electron chi connectivity index (χ2n) is 4.05. The Morgan fingerprint density at radius 3 is 2.78 bits per heavy atom. The molecule has 2 aromatic rings. The molecule has 1 N–H and O–H groups in total. The van der Waals surface area contributed by atoms with Crippen LogP contribution in [0.4, 0.5) is 0 Å². The summed E-state index contributed by atoms with van der Waals surface area (Å²) in [6.07, 6.45) is 1.73. The van der Waals surface area contributed by atoms with E-state index in [2.05, 4.69) is 6.07 Å². The van der Waals surface area contributed by atoms with Crippen molar-refractivity contribution in [2.45, 2.75) is 13.5 Å². The second kappa shape index (κ2) is 4.76. The molecule has 0 bridgehead atoms. The third-order valence-corrected chi connectivity index (χ3v) is 2.85. The Morgan fingerprint density at radius 1 is 1.39 bits per heavy atom. The maximum Gasteiger partial charge on any atom is 0.352 e. The van der Waals surface area contributed by atoms with Crippen molar-refractivity contribution in [3.05, 3.63) is 58.9 Å². The van der Waals surface area contributed by atoms with E-state index >= 15 is 0 Å². The van der Waals surface area contributed by atoms with Gasteiger partial charge in [-0.3, -0.25) is 0 Å². The lowest BCUT2D eigenvalue weighted by atomic mass is 10.1. The number of hydrogen-bond donors (Lipinski definition) is 1. The minimum Gasteiger partial charge on any atom is -0.477 e. The van der Waals surface area contributed by atoms with E-state index in [0.29, 0.717) is 12.1 Å². The summed E-state index contributed by atoms with van der Waals surface area (Å²) in [5, 5.41) is 18.2. The quantitative estimate of drug-likeness (QED) is 0.895.